The van der Waals surface area contributed by atoms with E-state index in [4.69, 9.17) is 4.98 Å². The third kappa shape index (κ3) is 2.09. The van der Waals surface area contributed by atoms with Crippen LogP contribution in [-0.4, -0.2) is 16.1 Å². The molecule has 18 heavy (non-hydrogen) atoms. The van der Waals surface area contributed by atoms with Crippen LogP contribution in [0.15, 0.2) is 0 Å². The number of imidazole rings is 1. The van der Waals surface area contributed by atoms with E-state index in [1.165, 1.54) is 30.1 Å². The molecule has 0 radical (unpaired) electrons. The van der Waals surface area contributed by atoms with Gasteiger partial charge >= 0.3 is 0 Å². The number of hydrogen-bond acceptors (Lipinski definition) is 2. The van der Waals surface area contributed by atoms with Gasteiger partial charge in [0.1, 0.15) is 5.82 Å². The molecule has 0 saturated carbocycles. The van der Waals surface area contributed by atoms with Crippen LogP contribution in [0, 0.1) is 0 Å². The molecule has 1 aromatic rings. The van der Waals surface area contributed by atoms with Crippen molar-refractivity contribution in [3.05, 3.63) is 17.2 Å². The Morgan fingerprint density at radius 1 is 1.33 bits per heavy atom. The minimum atomic E-state index is 0.220. The standard InChI is InChI=1S/C15H27N3/c1-6-15(5,7-2)18-13-8-9-16-10-12(13)17-14(18)11(3)4/h11,16H,6-10H2,1-5H3. The number of nitrogens with zero attached hydrogens (tertiary/aromatic N) is 2. The molecule has 1 aromatic heterocycles. The summed E-state index contributed by atoms with van der Waals surface area (Å²) in [4.78, 5) is 4.91. The molecule has 0 spiro atoms. The molecule has 0 saturated heterocycles. The zero-order chi connectivity index (χ0) is 13.3. The fourth-order valence-electron chi connectivity index (χ4n) is 2.89. The molecule has 0 aliphatic carbocycles. The zero-order valence-corrected chi connectivity index (χ0v) is 12.5. The smallest absolute Gasteiger partial charge is 0.112 e. The number of fused-ring (bicyclic) bond motifs is 1. The second-order valence-corrected chi connectivity index (χ2v) is 5.98. The third-order valence-corrected chi connectivity index (χ3v) is 4.49. The molecule has 0 aromatic carbocycles. The number of aromatic nitrogens is 2. The van der Waals surface area contributed by atoms with Gasteiger partial charge in [-0.2, -0.15) is 0 Å². The third-order valence-electron chi connectivity index (χ3n) is 4.49. The minimum Gasteiger partial charge on any atom is -0.326 e. The molecule has 0 bridgehead atoms. The van der Waals surface area contributed by atoms with E-state index in [2.05, 4.69) is 44.5 Å². The van der Waals surface area contributed by atoms with Gasteiger partial charge in [-0.05, 0) is 19.8 Å². The van der Waals surface area contributed by atoms with E-state index in [0.717, 1.165) is 19.5 Å². The van der Waals surface area contributed by atoms with Crippen LogP contribution in [-0.2, 0) is 18.5 Å². The topological polar surface area (TPSA) is 29.9 Å². The second-order valence-electron chi connectivity index (χ2n) is 5.98. The van der Waals surface area contributed by atoms with Gasteiger partial charge in [-0.1, -0.05) is 27.7 Å². The Morgan fingerprint density at radius 2 is 2.00 bits per heavy atom. The van der Waals surface area contributed by atoms with Gasteiger partial charge in [0.05, 0.1) is 5.69 Å². The highest BCUT2D eigenvalue weighted by Gasteiger charge is 2.31. The van der Waals surface area contributed by atoms with Gasteiger partial charge in [0.25, 0.3) is 0 Å². The van der Waals surface area contributed by atoms with Gasteiger partial charge in [0, 0.05) is 36.7 Å². The molecule has 3 nitrogen and oxygen atoms in total. The van der Waals surface area contributed by atoms with Crippen LogP contribution in [0.3, 0.4) is 0 Å². The Labute approximate surface area is 111 Å². The Morgan fingerprint density at radius 3 is 2.56 bits per heavy atom. The fourth-order valence-corrected chi connectivity index (χ4v) is 2.89. The van der Waals surface area contributed by atoms with Crippen molar-refractivity contribution < 1.29 is 0 Å². The van der Waals surface area contributed by atoms with Gasteiger partial charge in [-0.15, -0.1) is 0 Å². The van der Waals surface area contributed by atoms with Gasteiger partial charge in [0.2, 0.25) is 0 Å². The first-order chi connectivity index (χ1) is 8.53. The number of hydrogen-bond donors (Lipinski definition) is 1. The Balaban J connectivity index is 2.58. The van der Waals surface area contributed by atoms with E-state index in [1.54, 1.807) is 0 Å². The quantitative estimate of drug-likeness (QED) is 0.888. The Kier molecular flexibility index (Phi) is 3.81. The van der Waals surface area contributed by atoms with E-state index in [1.807, 2.05) is 0 Å². The average molecular weight is 249 g/mol. The number of rotatable bonds is 4. The van der Waals surface area contributed by atoms with E-state index in [-0.39, 0.29) is 5.54 Å². The van der Waals surface area contributed by atoms with Crippen LogP contribution in [0.25, 0.3) is 0 Å². The SMILES string of the molecule is CCC(C)(CC)n1c(C(C)C)nc2c1CCNC2. The van der Waals surface area contributed by atoms with Crippen molar-refractivity contribution in [2.75, 3.05) is 6.54 Å². The van der Waals surface area contributed by atoms with E-state index < -0.39 is 0 Å². The average Bonchev–Trinajstić information content (AvgIpc) is 2.78. The summed E-state index contributed by atoms with van der Waals surface area (Å²) < 4.78 is 2.56. The lowest BCUT2D eigenvalue weighted by atomic mass is 9.93. The first kappa shape index (κ1) is 13.6. The van der Waals surface area contributed by atoms with Crippen LogP contribution < -0.4 is 5.32 Å². The molecule has 1 aliphatic heterocycles. The monoisotopic (exact) mass is 249 g/mol. The maximum Gasteiger partial charge on any atom is 0.112 e. The highest BCUT2D eigenvalue weighted by atomic mass is 15.2. The lowest BCUT2D eigenvalue weighted by Gasteiger charge is -2.34. The molecular weight excluding hydrogens is 222 g/mol. The summed E-state index contributed by atoms with van der Waals surface area (Å²) in [5, 5.41) is 3.43. The van der Waals surface area contributed by atoms with Crippen molar-refractivity contribution in [3.63, 3.8) is 0 Å². The maximum absolute atomic E-state index is 4.91. The number of nitrogens with one attached hydrogen (secondary N) is 1. The molecule has 0 fully saturated rings. The van der Waals surface area contributed by atoms with Crippen molar-refractivity contribution in [3.8, 4) is 0 Å². The zero-order valence-electron chi connectivity index (χ0n) is 12.5. The van der Waals surface area contributed by atoms with E-state index in [0.29, 0.717) is 5.92 Å². The van der Waals surface area contributed by atoms with Crippen molar-refractivity contribution in [2.45, 2.75) is 71.9 Å². The molecular formula is C15H27N3. The highest BCUT2D eigenvalue weighted by Crippen LogP contribution is 2.33. The van der Waals surface area contributed by atoms with Crippen molar-refractivity contribution >= 4 is 0 Å². The summed E-state index contributed by atoms with van der Waals surface area (Å²) in [7, 11) is 0. The maximum atomic E-state index is 4.91. The van der Waals surface area contributed by atoms with Crippen LogP contribution >= 0.6 is 0 Å². The Bertz CT molecular complexity index is 414. The molecule has 1 N–H and O–H groups in total. The van der Waals surface area contributed by atoms with Crippen molar-refractivity contribution in [1.82, 2.24) is 14.9 Å². The van der Waals surface area contributed by atoms with Gasteiger partial charge in [-0.25, -0.2) is 4.98 Å². The van der Waals surface area contributed by atoms with Crippen LogP contribution in [0.1, 0.15) is 70.6 Å². The predicted octanol–water partition coefficient (Wildman–Crippen LogP) is 3.19. The molecule has 102 valence electrons. The fraction of sp³-hybridized carbons (Fsp3) is 0.800. The molecule has 3 heteroatoms. The van der Waals surface area contributed by atoms with E-state index >= 15 is 0 Å². The normalized spacial score (nSPS) is 16.1. The lowest BCUT2D eigenvalue weighted by Crippen LogP contribution is -2.34. The van der Waals surface area contributed by atoms with Gasteiger partial charge < -0.3 is 9.88 Å². The van der Waals surface area contributed by atoms with Crippen LogP contribution in [0.2, 0.25) is 0 Å². The molecule has 2 heterocycles. The summed E-state index contributed by atoms with van der Waals surface area (Å²) in [5.74, 6) is 1.77. The van der Waals surface area contributed by atoms with Crippen LogP contribution in [0.5, 0.6) is 0 Å². The first-order valence-corrected chi connectivity index (χ1v) is 7.35. The molecule has 0 amide bonds. The largest absolute Gasteiger partial charge is 0.326 e. The van der Waals surface area contributed by atoms with E-state index in [9.17, 15) is 0 Å². The van der Waals surface area contributed by atoms with Crippen LogP contribution in [0.4, 0.5) is 0 Å². The molecule has 1 aliphatic rings. The van der Waals surface area contributed by atoms with Crippen molar-refractivity contribution in [2.24, 2.45) is 0 Å². The lowest BCUT2D eigenvalue weighted by molar-refractivity contribution is 0.273. The summed E-state index contributed by atoms with van der Waals surface area (Å²) in [6.45, 7) is 13.5. The Hall–Kier alpha value is -0.830. The highest BCUT2D eigenvalue weighted by molar-refractivity contribution is 5.24. The van der Waals surface area contributed by atoms with Crippen molar-refractivity contribution in [1.29, 1.82) is 0 Å². The summed E-state index contributed by atoms with van der Waals surface area (Å²) in [6.07, 6.45) is 3.45. The van der Waals surface area contributed by atoms with Gasteiger partial charge in [-0.3, -0.25) is 0 Å². The summed E-state index contributed by atoms with van der Waals surface area (Å²) in [5.41, 5.74) is 2.97. The molecule has 2 rings (SSSR count). The minimum absolute atomic E-state index is 0.220. The second kappa shape index (κ2) is 5.04. The first-order valence-electron chi connectivity index (χ1n) is 7.35. The predicted molar refractivity (Wildman–Crippen MR) is 76.0 cm³/mol. The van der Waals surface area contributed by atoms with Gasteiger partial charge in [0.15, 0.2) is 0 Å². The summed E-state index contributed by atoms with van der Waals surface area (Å²) in [6, 6.07) is 0. The molecule has 0 unspecified atom stereocenters. The summed E-state index contributed by atoms with van der Waals surface area (Å²) >= 11 is 0. The molecule has 0 atom stereocenters.